The topological polar surface area (TPSA) is 73.9 Å². The summed E-state index contributed by atoms with van der Waals surface area (Å²) >= 11 is 7.71. The summed E-state index contributed by atoms with van der Waals surface area (Å²) in [4.78, 5) is 25.6. The Morgan fingerprint density at radius 2 is 1.81 bits per heavy atom. The zero-order valence-electron chi connectivity index (χ0n) is 16.1. The molecule has 0 bridgehead atoms. The smallest absolute Gasteiger partial charge is 0.337 e. The number of methoxy groups -OCH3 is 1. The van der Waals surface area contributed by atoms with Gasteiger partial charge in [-0.2, -0.15) is 0 Å². The second-order valence-electron chi connectivity index (χ2n) is 6.37. The molecule has 27 heavy (non-hydrogen) atoms. The van der Waals surface area contributed by atoms with E-state index in [-0.39, 0.29) is 19.3 Å². The normalized spacial score (nSPS) is 17.2. The monoisotopic (exact) mass is 413 g/mol. The van der Waals surface area contributed by atoms with E-state index in [9.17, 15) is 9.59 Å². The number of halogens is 1. The highest BCUT2D eigenvalue weighted by molar-refractivity contribution is 7.14. The molecule has 0 radical (unpaired) electrons. The van der Waals surface area contributed by atoms with Crippen molar-refractivity contribution in [2.24, 2.45) is 0 Å². The Labute approximate surface area is 168 Å². The summed E-state index contributed by atoms with van der Waals surface area (Å²) in [6.45, 7) is 7.50. The van der Waals surface area contributed by atoms with E-state index < -0.39 is 17.9 Å². The molecule has 0 saturated carbocycles. The molecule has 0 amide bonds. The van der Waals surface area contributed by atoms with E-state index in [0.717, 1.165) is 0 Å². The van der Waals surface area contributed by atoms with Crippen LogP contribution in [0.2, 0.25) is 4.34 Å². The summed E-state index contributed by atoms with van der Waals surface area (Å²) in [7, 11) is 1.53. The van der Waals surface area contributed by atoms with Crippen molar-refractivity contribution in [1.29, 1.82) is 0 Å². The summed E-state index contributed by atoms with van der Waals surface area (Å²) in [6, 6.07) is 1.81. The Balaban J connectivity index is 2.51. The van der Waals surface area contributed by atoms with Crippen LogP contribution < -0.4 is 5.32 Å². The molecule has 0 saturated heterocycles. The second kappa shape index (κ2) is 9.39. The fourth-order valence-electron chi connectivity index (χ4n) is 2.93. The molecule has 1 unspecified atom stereocenters. The quantitative estimate of drug-likeness (QED) is 0.541. The predicted molar refractivity (Wildman–Crippen MR) is 105 cm³/mol. The first-order valence-electron chi connectivity index (χ1n) is 8.56. The number of ether oxygens (including phenoxy) is 3. The van der Waals surface area contributed by atoms with Crippen LogP contribution in [0.4, 0.5) is 0 Å². The number of thiophene rings is 1. The molecule has 2 heterocycles. The maximum atomic E-state index is 12.8. The molecule has 0 spiro atoms. The van der Waals surface area contributed by atoms with Gasteiger partial charge in [-0.3, -0.25) is 0 Å². The average molecular weight is 414 g/mol. The lowest BCUT2D eigenvalue weighted by atomic mass is 9.81. The number of allylic oxidation sites excluding steroid dienone is 2. The van der Waals surface area contributed by atoms with Crippen molar-refractivity contribution in [3.8, 4) is 0 Å². The predicted octanol–water partition coefficient (Wildman–Crippen LogP) is 3.78. The summed E-state index contributed by atoms with van der Waals surface area (Å²) in [5, 5.41) is 4.93. The van der Waals surface area contributed by atoms with Gasteiger partial charge in [-0.25, -0.2) is 9.59 Å². The summed E-state index contributed by atoms with van der Waals surface area (Å²) in [5.74, 6) is -1.67. The summed E-state index contributed by atoms with van der Waals surface area (Å²) < 4.78 is 16.2. The molecule has 6 nitrogen and oxygen atoms in total. The van der Waals surface area contributed by atoms with Gasteiger partial charge in [-0.15, -0.1) is 11.3 Å². The standard InChI is InChI=1S/C19H24ClNO5S/c1-10(2)26-19(23)15-12(4)21-11(3)14(18(22)25-8-7-24-5)16(15)13-6-9-27-17(13)20/h6,9-10,16,21H,7-8H2,1-5H3. The van der Waals surface area contributed by atoms with Gasteiger partial charge < -0.3 is 19.5 Å². The van der Waals surface area contributed by atoms with Gasteiger partial charge in [0.25, 0.3) is 0 Å². The third-order valence-electron chi connectivity index (χ3n) is 4.02. The molecule has 1 aliphatic heterocycles. The Kier molecular flexibility index (Phi) is 7.47. The Hall–Kier alpha value is -1.83. The van der Waals surface area contributed by atoms with Crippen LogP contribution >= 0.6 is 22.9 Å². The summed E-state index contributed by atoms with van der Waals surface area (Å²) in [6.07, 6.45) is -0.291. The molecule has 2 rings (SSSR count). The Morgan fingerprint density at radius 3 is 2.33 bits per heavy atom. The van der Waals surface area contributed by atoms with Crippen LogP contribution in [0.1, 0.15) is 39.2 Å². The van der Waals surface area contributed by atoms with E-state index in [2.05, 4.69) is 5.32 Å². The van der Waals surface area contributed by atoms with Crippen molar-refractivity contribution < 1.29 is 23.8 Å². The molecular formula is C19H24ClNO5S. The van der Waals surface area contributed by atoms with Crippen LogP contribution in [-0.4, -0.2) is 38.4 Å². The van der Waals surface area contributed by atoms with Gasteiger partial charge in [0.05, 0.1) is 34.1 Å². The largest absolute Gasteiger partial charge is 0.460 e. The third-order valence-corrected chi connectivity index (χ3v) is 5.22. The van der Waals surface area contributed by atoms with Gasteiger partial charge in [0.1, 0.15) is 6.61 Å². The maximum Gasteiger partial charge on any atom is 0.337 e. The lowest BCUT2D eigenvalue weighted by Crippen LogP contribution is -2.33. The number of dihydropyridines is 1. The maximum absolute atomic E-state index is 12.8. The lowest BCUT2D eigenvalue weighted by molar-refractivity contribution is -0.143. The van der Waals surface area contributed by atoms with Crippen molar-refractivity contribution in [2.45, 2.75) is 39.7 Å². The van der Waals surface area contributed by atoms with Crippen LogP contribution in [0.25, 0.3) is 0 Å². The summed E-state index contributed by atoms with van der Waals surface area (Å²) in [5.41, 5.74) is 2.61. The van der Waals surface area contributed by atoms with Gasteiger partial charge in [0.15, 0.2) is 0 Å². The van der Waals surface area contributed by atoms with Crippen molar-refractivity contribution >= 4 is 34.9 Å². The van der Waals surface area contributed by atoms with E-state index in [1.165, 1.54) is 18.4 Å². The fourth-order valence-corrected chi connectivity index (χ4v) is 3.91. The first-order valence-corrected chi connectivity index (χ1v) is 9.82. The second-order valence-corrected chi connectivity index (χ2v) is 7.89. The van der Waals surface area contributed by atoms with Crippen molar-refractivity contribution in [3.63, 3.8) is 0 Å². The van der Waals surface area contributed by atoms with Crippen LogP contribution in [0, 0.1) is 0 Å². The zero-order valence-corrected chi connectivity index (χ0v) is 17.6. The highest BCUT2D eigenvalue weighted by Crippen LogP contribution is 2.43. The first kappa shape index (κ1) is 21.5. The van der Waals surface area contributed by atoms with Crippen LogP contribution in [0.15, 0.2) is 34.0 Å². The number of rotatable bonds is 7. The zero-order chi connectivity index (χ0) is 20.1. The molecule has 1 atom stereocenters. The van der Waals surface area contributed by atoms with E-state index in [1.54, 1.807) is 27.7 Å². The molecule has 0 aromatic carbocycles. The van der Waals surface area contributed by atoms with E-state index in [1.807, 2.05) is 11.4 Å². The van der Waals surface area contributed by atoms with Crippen molar-refractivity contribution in [2.75, 3.05) is 20.3 Å². The van der Waals surface area contributed by atoms with E-state index >= 15 is 0 Å². The van der Waals surface area contributed by atoms with Gasteiger partial charge in [-0.1, -0.05) is 11.6 Å². The van der Waals surface area contributed by atoms with E-state index in [4.69, 9.17) is 25.8 Å². The number of hydrogen-bond donors (Lipinski definition) is 1. The highest BCUT2D eigenvalue weighted by Gasteiger charge is 2.39. The molecule has 8 heteroatoms. The van der Waals surface area contributed by atoms with Gasteiger partial charge in [-0.05, 0) is 44.7 Å². The highest BCUT2D eigenvalue weighted by atomic mass is 35.5. The number of nitrogens with one attached hydrogen (secondary N) is 1. The molecule has 1 N–H and O–H groups in total. The Morgan fingerprint density at radius 1 is 1.19 bits per heavy atom. The molecular weight excluding hydrogens is 390 g/mol. The van der Waals surface area contributed by atoms with Crippen molar-refractivity contribution in [1.82, 2.24) is 5.32 Å². The molecule has 148 valence electrons. The van der Waals surface area contributed by atoms with Gasteiger partial charge in [0, 0.05) is 18.5 Å². The van der Waals surface area contributed by atoms with Crippen LogP contribution in [0.5, 0.6) is 0 Å². The third kappa shape index (κ3) is 4.91. The lowest BCUT2D eigenvalue weighted by Gasteiger charge is -2.30. The van der Waals surface area contributed by atoms with Gasteiger partial charge >= 0.3 is 11.9 Å². The molecule has 1 aromatic heterocycles. The number of hydrogen-bond acceptors (Lipinski definition) is 7. The van der Waals surface area contributed by atoms with Crippen LogP contribution in [-0.2, 0) is 23.8 Å². The number of carbonyl (C=O) groups is 2. The number of esters is 2. The molecule has 0 fully saturated rings. The van der Waals surface area contributed by atoms with Crippen LogP contribution in [0.3, 0.4) is 0 Å². The average Bonchev–Trinajstić information content (AvgIpc) is 2.99. The number of carbonyl (C=O) groups excluding carboxylic acids is 2. The fraction of sp³-hybridized carbons (Fsp3) is 0.474. The minimum atomic E-state index is -0.661. The van der Waals surface area contributed by atoms with Crippen molar-refractivity contribution in [3.05, 3.63) is 43.9 Å². The molecule has 1 aromatic rings. The SMILES string of the molecule is COCCOC(=O)C1=C(C)NC(C)=C(C(=O)OC(C)C)C1c1ccsc1Cl. The van der Waals surface area contributed by atoms with Gasteiger partial charge in [0.2, 0.25) is 0 Å². The minimum Gasteiger partial charge on any atom is -0.460 e. The van der Waals surface area contributed by atoms with E-state index in [0.29, 0.717) is 32.4 Å². The molecule has 1 aliphatic rings. The minimum absolute atomic E-state index is 0.116. The molecule has 0 aliphatic carbocycles. The Bertz CT molecular complexity index is 781. The first-order chi connectivity index (χ1) is 12.8.